The third-order valence-corrected chi connectivity index (χ3v) is 14.2. The van der Waals surface area contributed by atoms with Crippen molar-refractivity contribution < 1.29 is 42.0 Å². The first kappa shape index (κ1) is 56.5. The number of ether oxygens (including phenoxy) is 6. The molecule has 10 heteroatoms. The Morgan fingerprint density at radius 1 is 0.667 bits per heavy atom. The topological polar surface area (TPSA) is 84.5 Å². The summed E-state index contributed by atoms with van der Waals surface area (Å²) in [5.41, 5.74) is 2.31. The van der Waals surface area contributed by atoms with Gasteiger partial charge < -0.3 is 33.7 Å². The van der Waals surface area contributed by atoms with Crippen molar-refractivity contribution in [3.63, 3.8) is 0 Å². The van der Waals surface area contributed by atoms with Gasteiger partial charge in [0.05, 0.1) is 32.0 Å². The first-order valence-corrected chi connectivity index (χ1v) is 27.2. The summed E-state index contributed by atoms with van der Waals surface area (Å²) in [6.45, 7) is 10.7. The first-order chi connectivity index (χ1) is 33.5. The van der Waals surface area contributed by atoms with E-state index in [4.69, 9.17) is 28.4 Å². The zero-order valence-corrected chi connectivity index (χ0v) is 43.1. The van der Waals surface area contributed by atoms with Crippen LogP contribution in [0.2, 0.25) is 0 Å². The van der Waals surface area contributed by atoms with Crippen molar-refractivity contribution in [2.24, 2.45) is 11.8 Å². The highest BCUT2D eigenvalue weighted by Crippen LogP contribution is 2.36. The van der Waals surface area contributed by atoms with Gasteiger partial charge in [0.25, 0.3) is 0 Å². The standard InChI is InChI=1S/C59H89F2NO7/c1-6-7-8-9-10-11-12-13-14-18-21-27-32-53-57(69-59(4,5)68-53)52(43-65-58-46(3)45(2)56(61)54(67-58)44-64-42-48-30-25-23-26-31-48)62-55(63)33-28-22-19-16-15-17-20-24-29-47-34-38-50(39-35-47)66-51-40-36-49(60)37-41-51/h23,25-26,30-31,34-41,45-46,52-54,56-58H,6-22,24,27-29,32-33,42-44H2,1-5H3,(H,62,63)/t45-,46?,52+,53-,54?,56+,57+,58+/m1/s1. The van der Waals surface area contributed by atoms with Crippen molar-refractivity contribution in [1.82, 2.24) is 5.32 Å². The zero-order valence-electron chi connectivity index (χ0n) is 43.1. The highest BCUT2D eigenvalue weighted by atomic mass is 19.1. The molecular formula is C59H89F2NO7. The molecule has 0 spiro atoms. The number of aryl methyl sites for hydroxylation is 1. The van der Waals surface area contributed by atoms with Gasteiger partial charge in [0.2, 0.25) is 5.91 Å². The van der Waals surface area contributed by atoms with Gasteiger partial charge in [-0.2, -0.15) is 0 Å². The summed E-state index contributed by atoms with van der Waals surface area (Å²) in [5.74, 6) is -0.227. The predicted octanol–water partition coefficient (Wildman–Crippen LogP) is 15.3. The van der Waals surface area contributed by atoms with E-state index >= 15 is 4.39 Å². The number of benzene rings is 3. The number of alkyl halides is 1. The third kappa shape index (κ3) is 21.5. The Morgan fingerprint density at radius 3 is 1.86 bits per heavy atom. The number of nitrogens with one attached hydrogen (secondary N) is 1. The lowest BCUT2D eigenvalue weighted by Crippen LogP contribution is -2.54. The van der Waals surface area contributed by atoms with Crippen molar-refractivity contribution in [2.75, 3.05) is 13.2 Å². The molecule has 1 amide bonds. The lowest BCUT2D eigenvalue weighted by atomic mass is 9.85. The maximum absolute atomic E-state index is 15.7. The van der Waals surface area contributed by atoms with Crippen LogP contribution in [0.5, 0.6) is 11.5 Å². The van der Waals surface area contributed by atoms with Crippen LogP contribution in [-0.4, -0.2) is 61.7 Å². The smallest absolute Gasteiger partial charge is 0.220 e. The van der Waals surface area contributed by atoms with E-state index in [1.807, 2.05) is 70.2 Å². The van der Waals surface area contributed by atoms with Gasteiger partial charge in [-0.25, -0.2) is 8.78 Å². The summed E-state index contributed by atoms with van der Waals surface area (Å²) in [6.07, 6.45) is 23.3. The Hall–Kier alpha value is -3.41. The van der Waals surface area contributed by atoms with E-state index in [1.165, 1.54) is 101 Å². The summed E-state index contributed by atoms with van der Waals surface area (Å²) in [4.78, 5) is 13.7. The van der Waals surface area contributed by atoms with Gasteiger partial charge in [-0.1, -0.05) is 179 Å². The van der Waals surface area contributed by atoms with E-state index in [1.54, 1.807) is 12.1 Å². The molecule has 0 saturated carbocycles. The molecule has 8 nitrogen and oxygen atoms in total. The van der Waals surface area contributed by atoms with Crippen molar-refractivity contribution in [2.45, 2.75) is 232 Å². The summed E-state index contributed by atoms with van der Waals surface area (Å²) < 4.78 is 66.7. The monoisotopic (exact) mass is 962 g/mol. The van der Waals surface area contributed by atoms with Crippen molar-refractivity contribution in [3.05, 3.63) is 95.8 Å². The molecule has 8 atom stereocenters. The molecule has 0 aromatic heterocycles. The van der Waals surface area contributed by atoms with Gasteiger partial charge >= 0.3 is 0 Å². The minimum atomic E-state index is -1.19. The number of hydrogen-bond acceptors (Lipinski definition) is 7. The average molecular weight is 962 g/mol. The van der Waals surface area contributed by atoms with Crippen LogP contribution in [0.25, 0.3) is 0 Å². The molecule has 2 aliphatic rings. The second-order valence-corrected chi connectivity index (χ2v) is 20.6. The molecule has 1 N–H and O–H groups in total. The number of hydrogen-bond donors (Lipinski definition) is 1. The first-order valence-electron chi connectivity index (χ1n) is 27.2. The van der Waals surface area contributed by atoms with Crippen LogP contribution in [0.3, 0.4) is 0 Å². The molecule has 2 aliphatic heterocycles. The minimum absolute atomic E-state index is 0.0157. The molecule has 2 heterocycles. The van der Waals surface area contributed by atoms with Crippen LogP contribution in [-0.2, 0) is 41.5 Å². The predicted molar refractivity (Wildman–Crippen MR) is 274 cm³/mol. The fourth-order valence-corrected chi connectivity index (χ4v) is 9.79. The normalized spacial score (nSPS) is 22.7. The molecule has 3 aromatic rings. The Morgan fingerprint density at radius 2 is 1.23 bits per heavy atom. The van der Waals surface area contributed by atoms with Crippen LogP contribution < -0.4 is 10.1 Å². The van der Waals surface area contributed by atoms with Gasteiger partial charge in [0, 0.05) is 12.3 Å². The molecule has 386 valence electrons. The molecule has 2 unspecified atom stereocenters. The third-order valence-electron chi connectivity index (χ3n) is 14.2. The van der Waals surface area contributed by atoms with Gasteiger partial charge in [-0.15, -0.1) is 0 Å². The summed E-state index contributed by atoms with van der Waals surface area (Å²) in [5, 5.41) is 3.32. The number of halogens is 2. The molecule has 69 heavy (non-hydrogen) atoms. The molecule has 2 fully saturated rings. The summed E-state index contributed by atoms with van der Waals surface area (Å²) >= 11 is 0. The highest BCUT2D eigenvalue weighted by Gasteiger charge is 2.47. The number of carbonyl (C=O) groups excluding carboxylic acids is 1. The lowest BCUT2D eigenvalue weighted by Gasteiger charge is -2.41. The molecule has 3 aromatic carbocycles. The van der Waals surface area contributed by atoms with Gasteiger partial charge in [-0.05, 0) is 93.0 Å². The van der Waals surface area contributed by atoms with Crippen LogP contribution in [0.1, 0.15) is 187 Å². The van der Waals surface area contributed by atoms with Crippen molar-refractivity contribution in [1.29, 1.82) is 0 Å². The molecule has 5 rings (SSSR count). The number of amides is 1. The van der Waals surface area contributed by atoms with E-state index in [0.717, 1.165) is 69.1 Å². The van der Waals surface area contributed by atoms with Crippen molar-refractivity contribution >= 4 is 5.91 Å². The second kappa shape index (κ2) is 31.8. The van der Waals surface area contributed by atoms with E-state index in [-0.39, 0.29) is 42.9 Å². The quantitative estimate of drug-likeness (QED) is 0.0588. The van der Waals surface area contributed by atoms with Crippen LogP contribution in [0.15, 0.2) is 78.9 Å². The SMILES string of the molecule is CCCCCCCCCCCCCC[C@H]1OC(C)(C)O[C@H]1[C@H](CO[C@H]1OC(COCc2ccccc2)[C@@H](F)[C@H](C)C1C)NC(=O)CCCCCCCCCCc1ccc(Oc2ccc(F)cc2)cc1. The van der Waals surface area contributed by atoms with Crippen molar-refractivity contribution in [3.8, 4) is 11.5 Å². The number of rotatable bonds is 35. The summed E-state index contributed by atoms with van der Waals surface area (Å²) in [7, 11) is 0. The minimum Gasteiger partial charge on any atom is -0.457 e. The Bertz CT molecular complexity index is 1800. The van der Waals surface area contributed by atoms with E-state index < -0.39 is 36.5 Å². The summed E-state index contributed by atoms with van der Waals surface area (Å²) in [6, 6.07) is 23.6. The molecule has 0 aliphatic carbocycles. The number of carbonyl (C=O) groups is 1. The molecule has 2 saturated heterocycles. The van der Waals surface area contributed by atoms with E-state index in [0.29, 0.717) is 18.8 Å². The lowest BCUT2D eigenvalue weighted by molar-refractivity contribution is -0.264. The zero-order chi connectivity index (χ0) is 49.1. The molecular weight excluding hydrogens is 873 g/mol. The maximum atomic E-state index is 15.7. The average Bonchev–Trinajstić information content (AvgIpc) is 3.66. The van der Waals surface area contributed by atoms with Gasteiger partial charge in [0.1, 0.15) is 35.7 Å². The Labute approximate surface area is 415 Å². The van der Waals surface area contributed by atoms with E-state index in [2.05, 4.69) is 24.4 Å². The van der Waals surface area contributed by atoms with E-state index in [9.17, 15) is 9.18 Å². The fourth-order valence-electron chi connectivity index (χ4n) is 9.79. The van der Waals surface area contributed by atoms with Gasteiger partial charge in [0.15, 0.2) is 12.1 Å². The maximum Gasteiger partial charge on any atom is 0.220 e. The Kier molecular flexibility index (Phi) is 26.1. The van der Waals surface area contributed by atoms with Crippen LogP contribution >= 0.6 is 0 Å². The Balaban J connectivity index is 1.05. The van der Waals surface area contributed by atoms with Gasteiger partial charge in [-0.3, -0.25) is 4.79 Å². The fraction of sp³-hybridized carbons (Fsp3) is 0.678. The molecule has 0 radical (unpaired) electrons. The highest BCUT2D eigenvalue weighted by molar-refractivity contribution is 5.76. The van der Waals surface area contributed by atoms with Crippen LogP contribution in [0, 0.1) is 17.7 Å². The largest absolute Gasteiger partial charge is 0.457 e. The molecule has 0 bridgehead atoms. The van der Waals surface area contributed by atoms with Crippen LogP contribution in [0.4, 0.5) is 8.78 Å². The second-order valence-electron chi connectivity index (χ2n) is 20.6. The number of unbranched alkanes of at least 4 members (excludes halogenated alkanes) is 18.